The second kappa shape index (κ2) is 17.2. The van der Waals surface area contributed by atoms with E-state index in [0.29, 0.717) is 0 Å². The summed E-state index contributed by atoms with van der Waals surface area (Å²) < 4.78 is 0. The number of allylic oxidation sites excluding steroid dienone is 6. The van der Waals surface area contributed by atoms with Crippen LogP contribution in [0.15, 0.2) is 35.5 Å². The van der Waals surface area contributed by atoms with Gasteiger partial charge in [-0.25, -0.2) is 0 Å². The van der Waals surface area contributed by atoms with Crippen LogP contribution < -0.4 is 15.3 Å². The number of hydrogen-bond donors (Lipinski definition) is 0. The normalized spacial score (nSPS) is 10.9. The minimum atomic E-state index is -0.187. The Morgan fingerprint density at radius 2 is 0.682 bits per heavy atom. The molecule has 0 aromatic heterocycles. The van der Waals surface area contributed by atoms with Gasteiger partial charge in [-0.1, -0.05) is 20.8 Å². The van der Waals surface area contributed by atoms with Crippen LogP contribution in [-0.4, -0.2) is 17.3 Å². The molecule has 7 heteroatoms. The van der Waals surface area contributed by atoms with E-state index in [2.05, 4.69) is 0 Å². The molecule has 0 atom stereocenters. The Balaban J connectivity index is -0.000000108. The van der Waals surface area contributed by atoms with Gasteiger partial charge in [-0.3, -0.25) is 14.4 Å². The van der Waals surface area contributed by atoms with E-state index in [0.717, 1.165) is 18.2 Å². The molecule has 22 heavy (non-hydrogen) atoms. The van der Waals surface area contributed by atoms with Crippen LogP contribution in [0.1, 0.15) is 41.5 Å². The van der Waals surface area contributed by atoms with Crippen molar-refractivity contribution in [3.63, 3.8) is 0 Å². The summed E-state index contributed by atoms with van der Waals surface area (Å²) in [5.41, 5.74) is 0. The zero-order valence-corrected chi connectivity index (χ0v) is 14.9. The molecule has 0 unspecified atom stereocenters. The fraction of sp³-hybridized carbons (Fsp3) is 0.400. The van der Waals surface area contributed by atoms with E-state index >= 15 is 0 Å². The van der Waals surface area contributed by atoms with Gasteiger partial charge in [0, 0.05) is 17.4 Å². The van der Waals surface area contributed by atoms with Gasteiger partial charge in [-0.05, 0) is 39.0 Å². The van der Waals surface area contributed by atoms with Gasteiger partial charge in [0.2, 0.25) is 0 Å². The van der Waals surface area contributed by atoms with Crippen LogP contribution in [0.4, 0.5) is 0 Å². The van der Waals surface area contributed by atoms with Crippen molar-refractivity contribution in [2.24, 2.45) is 0 Å². The Kier molecular flexibility index (Phi) is 22.2. The molecule has 6 nitrogen and oxygen atoms in total. The third-order valence-electron chi connectivity index (χ3n) is 1.22. The van der Waals surface area contributed by atoms with E-state index < -0.39 is 0 Å². The molecule has 0 saturated heterocycles. The Morgan fingerprint density at radius 3 is 0.682 bits per heavy atom. The first-order valence-electron chi connectivity index (χ1n) is 5.96. The smallest absolute Gasteiger partial charge is 0.151 e. The molecule has 0 aliphatic carbocycles. The molecule has 0 rings (SSSR count). The molecule has 0 amide bonds. The fourth-order valence-corrected chi connectivity index (χ4v) is 0.859. The minimum Gasteiger partial charge on any atom is -0.876 e. The van der Waals surface area contributed by atoms with E-state index in [1.165, 1.54) is 41.5 Å². The summed E-state index contributed by atoms with van der Waals surface area (Å²) in [7, 11) is 0. The summed E-state index contributed by atoms with van der Waals surface area (Å²) in [4.78, 5) is 29.9. The van der Waals surface area contributed by atoms with Gasteiger partial charge in [-0.15, -0.1) is 17.3 Å². The van der Waals surface area contributed by atoms with Crippen molar-refractivity contribution >= 4 is 17.3 Å². The first kappa shape index (κ1) is 28.3. The minimum absolute atomic E-state index is 0. The SMILES string of the molecule is CC(=O)/C=C(/C)[O-].CC(=O)/C=C(/C)[O-].CC(=O)/C=C(/C)[O-].[Cr]. The zero-order chi connectivity index (χ0) is 17.6. The molecule has 0 radical (unpaired) electrons. The van der Waals surface area contributed by atoms with Crippen LogP contribution in [0, 0.1) is 0 Å². The summed E-state index contributed by atoms with van der Waals surface area (Å²) in [5, 5.41) is 29.9. The van der Waals surface area contributed by atoms with Gasteiger partial charge >= 0.3 is 0 Å². The van der Waals surface area contributed by atoms with Gasteiger partial charge in [0.1, 0.15) is 0 Å². The van der Waals surface area contributed by atoms with E-state index in [1.807, 2.05) is 0 Å². The van der Waals surface area contributed by atoms with Gasteiger partial charge in [0.15, 0.2) is 17.3 Å². The predicted octanol–water partition coefficient (Wildman–Crippen LogP) is -0.484. The van der Waals surface area contributed by atoms with E-state index in [9.17, 15) is 29.7 Å². The van der Waals surface area contributed by atoms with Crippen LogP contribution in [0.25, 0.3) is 0 Å². The third-order valence-corrected chi connectivity index (χ3v) is 1.22. The van der Waals surface area contributed by atoms with E-state index in [1.54, 1.807) is 0 Å². The summed E-state index contributed by atoms with van der Waals surface area (Å²) in [6.07, 6.45) is 3.17. The summed E-state index contributed by atoms with van der Waals surface area (Å²) >= 11 is 0. The molecule has 0 spiro atoms. The number of rotatable bonds is 3. The second-order valence-corrected chi connectivity index (χ2v) is 4.10. The maximum atomic E-state index is 9.98. The molecule has 0 N–H and O–H groups in total. The summed E-state index contributed by atoms with van der Waals surface area (Å²) in [6, 6.07) is 0. The van der Waals surface area contributed by atoms with E-state index in [-0.39, 0.29) is 52.0 Å². The molecular formula is C15H21CrO6-3. The first-order valence-corrected chi connectivity index (χ1v) is 5.96. The molecule has 0 saturated carbocycles. The van der Waals surface area contributed by atoms with Gasteiger partial charge < -0.3 is 15.3 Å². The predicted molar refractivity (Wildman–Crippen MR) is 73.3 cm³/mol. The number of ketones is 3. The summed E-state index contributed by atoms with van der Waals surface area (Å²) in [5.74, 6) is -1.12. The van der Waals surface area contributed by atoms with Crippen molar-refractivity contribution in [3.05, 3.63) is 35.5 Å². The van der Waals surface area contributed by atoms with Gasteiger partial charge in [-0.2, -0.15) is 0 Å². The van der Waals surface area contributed by atoms with Crippen molar-refractivity contribution in [2.45, 2.75) is 41.5 Å². The molecule has 0 heterocycles. The molecule has 0 aromatic rings. The molecule has 0 aliphatic heterocycles. The monoisotopic (exact) mass is 349 g/mol. The van der Waals surface area contributed by atoms with Gasteiger partial charge in [0.25, 0.3) is 0 Å². The molecule has 126 valence electrons. The summed E-state index contributed by atoms with van der Waals surface area (Å²) in [6.45, 7) is 8.09. The quantitative estimate of drug-likeness (QED) is 0.501. The Labute approximate surface area is 142 Å². The van der Waals surface area contributed by atoms with Gasteiger partial charge in [0.05, 0.1) is 0 Å². The molecule has 0 bridgehead atoms. The molecule has 0 aromatic carbocycles. The maximum absolute atomic E-state index is 9.98. The largest absolute Gasteiger partial charge is 0.876 e. The second-order valence-electron chi connectivity index (χ2n) is 4.10. The van der Waals surface area contributed by atoms with Crippen molar-refractivity contribution in [1.29, 1.82) is 0 Å². The van der Waals surface area contributed by atoms with Crippen LogP contribution >= 0.6 is 0 Å². The molecular weight excluding hydrogens is 328 g/mol. The average molecular weight is 349 g/mol. The fourth-order valence-electron chi connectivity index (χ4n) is 0.859. The van der Waals surface area contributed by atoms with Crippen molar-refractivity contribution in [1.82, 2.24) is 0 Å². The Bertz CT molecular complexity index is 368. The number of carbonyl (C=O) groups is 3. The zero-order valence-electron chi connectivity index (χ0n) is 13.6. The van der Waals surface area contributed by atoms with Crippen LogP contribution in [0.2, 0.25) is 0 Å². The standard InChI is InChI=1S/3C5H8O2.Cr/c3*1-4(6)3-5(2)7;/h3*3,6H,1-2H3;/p-3/b3*4-3-;. The Morgan fingerprint density at radius 1 is 0.545 bits per heavy atom. The molecule has 0 aliphatic rings. The van der Waals surface area contributed by atoms with E-state index in [4.69, 9.17) is 0 Å². The number of carbonyl (C=O) groups excluding carboxylic acids is 3. The maximum Gasteiger partial charge on any atom is 0.151 e. The van der Waals surface area contributed by atoms with Crippen LogP contribution in [0.5, 0.6) is 0 Å². The Hall–Kier alpha value is -1.84. The van der Waals surface area contributed by atoms with Crippen molar-refractivity contribution in [3.8, 4) is 0 Å². The third kappa shape index (κ3) is 51.8. The topological polar surface area (TPSA) is 120 Å². The van der Waals surface area contributed by atoms with Crippen LogP contribution in [0.3, 0.4) is 0 Å². The first-order chi connectivity index (χ1) is 9.38. The number of hydrogen-bond acceptors (Lipinski definition) is 6. The van der Waals surface area contributed by atoms with Crippen LogP contribution in [-0.2, 0) is 31.7 Å². The van der Waals surface area contributed by atoms with Crippen molar-refractivity contribution < 1.29 is 47.1 Å². The molecule has 0 fully saturated rings. The van der Waals surface area contributed by atoms with Crippen molar-refractivity contribution in [2.75, 3.05) is 0 Å². The average Bonchev–Trinajstić information content (AvgIpc) is 2.10.